The van der Waals surface area contributed by atoms with E-state index in [0.29, 0.717) is 0 Å². The van der Waals surface area contributed by atoms with Crippen LogP contribution in [0.1, 0.15) is 12.8 Å². The summed E-state index contributed by atoms with van der Waals surface area (Å²) in [7, 11) is 0. The third-order valence-electron chi connectivity index (χ3n) is 1.98. The highest BCUT2D eigenvalue weighted by atomic mass is 35.5. The molecule has 0 aliphatic heterocycles. The maximum atomic E-state index is 5.88. The molecule has 1 fully saturated rings. The van der Waals surface area contributed by atoms with Crippen molar-refractivity contribution in [2.75, 3.05) is 0 Å². The van der Waals surface area contributed by atoms with E-state index >= 15 is 0 Å². The van der Waals surface area contributed by atoms with Gasteiger partial charge in [-0.25, -0.2) is 0 Å². The van der Waals surface area contributed by atoms with Crippen molar-refractivity contribution in [3.63, 3.8) is 0 Å². The predicted molar refractivity (Wildman–Crippen MR) is 44.5 cm³/mol. The van der Waals surface area contributed by atoms with Crippen LogP contribution in [0, 0.1) is 0 Å². The molecule has 1 rings (SSSR count). The van der Waals surface area contributed by atoms with Crippen LogP contribution in [0.15, 0.2) is 0 Å². The normalized spacial score (nSPS) is 49.2. The molecule has 60 valence electrons. The second-order valence-corrected chi connectivity index (χ2v) is 3.84. The predicted octanol–water partition coefficient (Wildman–Crippen LogP) is 0.650. The highest BCUT2D eigenvalue weighted by molar-refractivity contribution is 6.30. The molecule has 0 aromatic carbocycles. The molecule has 0 heterocycles. The molecule has 10 heavy (non-hydrogen) atoms. The summed E-state index contributed by atoms with van der Waals surface area (Å²) in [4.78, 5) is 0. The highest BCUT2D eigenvalue weighted by Crippen LogP contribution is 2.25. The van der Waals surface area contributed by atoms with Gasteiger partial charge in [-0.2, -0.15) is 0 Å². The Morgan fingerprint density at radius 2 is 1.70 bits per heavy atom. The van der Waals surface area contributed by atoms with E-state index in [1.54, 1.807) is 0 Å². The van der Waals surface area contributed by atoms with Gasteiger partial charge in [-0.3, -0.25) is 0 Å². The summed E-state index contributed by atoms with van der Waals surface area (Å²) >= 11 is 11.7. The monoisotopic (exact) mass is 182 g/mol. The fraction of sp³-hybridized carbons (Fsp3) is 1.00. The number of nitrogens with two attached hydrogens (primary N) is 2. The third-order valence-corrected chi connectivity index (χ3v) is 3.20. The average molecular weight is 183 g/mol. The van der Waals surface area contributed by atoms with Gasteiger partial charge in [-0.15, -0.1) is 23.2 Å². The average Bonchev–Trinajstić information content (AvgIpc) is 1.93. The topological polar surface area (TPSA) is 52.0 Å². The van der Waals surface area contributed by atoms with Crippen molar-refractivity contribution < 1.29 is 0 Å². The SMILES string of the molecule is NC1CCC(Cl)C(Cl)C1N. The van der Waals surface area contributed by atoms with Crippen LogP contribution in [0.4, 0.5) is 0 Å². The lowest BCUT2D eigenvalue weighted by Gasteiger charge is -2.33. The standard InChI is InChI=1S/C6H12Cl2N2/c7-3-1-2-4(9)6(10)5(3)8/h3-6H,1-2,9-10H2. The van der Waals surface area contributed by atoms with Crippen LogP contribution in [0.2, 0.25) is 0 Å². The van der Waals surface area contributed by atoms with Crippen molar-refractivity contribution >= 4 is 23.2 Å². The van der Waals surface area contributed by atoms with Gasteiger partial charge in [0, 0.05) is 12.1 Å². The molecular formula is C6H12Cl2N2. The van der Waals surface area contributed by atoms with Crippen LogP contribution in [0.5, 0.6) is 0 Å². The van der Waals surface area contributed by atoms with Crippen LogP contribution in [0.3, 0.4) is 0 Å². The zero-order valence-corrected chi connectivity index (χ0v) is 7.15. The van der Waals surface area contributed by atoms with Crippen LogP contribution >= 0.6 is 23.2 Å². The van der Waals surface area contributed by atoms with Crippen molar-refractivity contribution in [3.8, 4) is 0 Å². The zero-order valence-electron chi connectivity index (χ0n) is 5.63. The van der Waals surface area contributed by atoms with E-state index in [0.717, 1.165) is 12.8 Å². The number of hydrogen-bond acceptors (Lipinski definition) is 2. The summed E-state index contributed by atoms with van der Waals surface area (Å²) in [6.45, 7) is 0. The second kappa shape index (κ2) is 3.26. The van der Waals surface area contributed by atoms with Crippen LogP contribution in [0.25, 0.3) is 0 Å². The Balaban J connectivity index is 2.52. The largest absolute Gasteiger partial charge is 0.326 e. The van der Waals surface area contributed by atoms with E-state index in [9.17, 15) is 0 Å². The number of halogens is 2. The first-order chi connectivity index (χ1) is 4.63. The van der Waals surface area contributed by atoms with Crippen LogP contribution < -0.4 is 11.5 Å². The molecule has 1 aliphatic carbocycles. The van der Waals surface area contributed by atoms with E-state index in [1.807, 2.05) is 0 Å². The van der Waals surface area contributed by atoms with Gasteiger partial charge in [-0.1, -0.05) is 0 Å². The molecule has 1 aliphatic rings. The summed E-state index contributed by atoms with van der Waals surface area (Å²) in [6.07, 6.45) is 1.77. The summed E-state index contributed by atoms with van der Waals surface area (Å²) in [6, 6.07) is -0.115. The van der Waals surface area contributed by atoms with Gasteiger partial charge in [0.2, 0.25) is 0 Å². The molecule has 0 aromatic heterocycles. The first kappa shape index (κ1) is 8.60. The maximum Gasteiger partial charge on any atom is 0.0665 e. The summed E-state index contributed by atoms with van der Waals surface area (Å²) in [5.74, 6) is 0. The Morgan fingerprint density at radius 3 is 2.20 bits per heavy atom. The van der Waals surface area contributed by atoms with Gasteiger partial charge in [-0.05, 0) is 12.8 Å². The maximum absolute atomic E-state index is 5.88. The molecule has 2 nitrogen and oxygen atoms in total. The second-order valence-electron chi connectivity index (χ2n) is 2.78. The molecule has 4 N–H and O–H groups in total. The number of rotatable bonds is 0. The number of hydrogen-bond donors (Lipinski definition) is 2. The lowest BCUT2D eigenvalue weighted by atomic mass is 9.91. The minimum atomic E-state index is -0.162. The molecule has 0 saturated heterocycles. The molecule has 0 bridgehead atoms. The zero-order chi connectivity index (χ0) is 7.72. The van der Waals surface area contributed by atoms with Crippen molar-refractivity contribution in [2.24, 2.45) is 11.5 Å². The van der Waals surface area contributed by atoms with Gasteiger partial charge >= 0.3 is 0 Å². The number of alkyl halides is 2. The molecule has 0 amide bonds. The lowest BCUT2D eigenvalue weighted by Crippen LogP contribution is -2.53. The molecule has 4 unspecified atom stereocenters. The highest BCUT2D eigenvalue weighted by Gasteiger charge is 2.32. The fourth-order valence-corrected chi connectivity index (χ4v) is 1.79. The molecular weight excluding hydrogens is 171 g/mol. The molecule has 4 heteroatoms. The molecule has 0 aromatic rings. The quantitative estimate of drug-likeness (QED) is 0.541. The van der Waals surface area contributed by atoms with Crippen molar-refractivity contribution in [2.45, 2.75) is 35.7 Å². The van der Waals surface area contributed by atoms with Gasteiger partial charge in [0.1, 0.15) is 0 Å². The lowest BCUT2D eigenvalue weighted by molar-refractivity contribution is 0.395. The van der Waals surface area contributed by atoms with E-state index < -0.39 is 0 Å². The smallest absolute Gasteiger partial charge is 0.0665 e. The fourth-order valence-electron chi connectivity index (χ4n) is 1.18. The van der Waals surface area contributed by atoms with E-state index in [1.165, 1.54) is 0 Å². The first-order valence-corrected chi connectivity index (χ1v) is 4.29. The van der Waals surface area contributed by atoms with Gasteiger partial charge < -0.3 is 11.5 Å². The summed E-state index contributed by atoms with van der Waals surface area (Å²) < 4.78 is 0. The third kappa shape index (κ3) is 1.56. The van der Waals surface area contributed by atoms with E-state index in [4.69, 9.17) is 34.7 Å². The Labute approximate surface area is 70.8 Å². The van der Waals surface area contributed by atoms with E-state index in [2.05, 4.69) is 0 Å². The summed E-state index contributed by atoms with van der Waals surface area (Å²) in [5.41, 5.74) is 11.3. The van der Waals surface area contributed by atoms with Crippen molar-refractivity contribution in [1.82, 2.24) is 0 Å². The van der Waals surface area contributed by atoms with Gasteiger partial charge in [0.15, 0.2) is 0 Å². The molecule has 1 saturated carbocycles. The molecule has 0 radical (unpaired) electrons. The first-order valence-electron chi connectivity index (χ1n) is 3.42. The van der Waals surface area contributed by atoms with Crippen LogP contribution in [-0.4, -0.2) is 22.8 Å². The minimum Gasteiger partial charge on any atom is -0.326 e. The molecule has 4 atom stereocenters. The Kier molecular flexibility index (Phi) is 2.81. The Morgan fingerprint density at radius 1 is 1.10 bits per heavy atom. The van der Waals surface area contributed by atoms with E-state index in [-0.39, 0.29) is 22.8 Å². The van der Waals surface area contributed by atoms with Crippen molar-refractivity contribution in [1.29, 1.82) is 0 Å². The van der Waals surface area contributed by atoms with Crippen molar-refractivity contribution in [3.05, 3.63) is 0 Å². The van der Waals surface area contributed by atoms with Gasteiger partial charge in [0.25, 0.3) is 0 Å². The van der Waals surface area contributed by atoms with Gasteiger partial charge in [0.05, 0.1) is 10.8 Å². The minimum absolute atomic E-state index is 0.00327. The summed E-state index contributed by atoms with van der Waals surface area (Å²) in [5, 5.41) is -0.165. The van der Waals surface area contributed by atoms with Crippen LogP contribution in [-0.2, 0) is 0 Å². The Hall–Kier alpha value is 0.500. The Bertz CT molecular complexity index is 106. The molecule has 0 spiro atoms.